The summed E-state index contributed by atoms with van der Waals surface area (Å²) in [4.78, 5) is 14.7. The number of aromatic nitrogens is 4. The zero-order valence-corrected chi connectivity index (χ0v) is 14.7. The Balaban J connectivity index is 2.11. The molecule has 26 heavy (non-hydrogen) atoms. The predicted octanol–water partition coefficient (Wildman–Crippen LogP) is 2.90. The summed E-state index contributed by atoms with van der Waals surface area (Å²) in [5, 5.41) is 11.7. The van der Waals surface area contributed by atoms with Gasteiger partial charge in [-0.1, -0.05) is 29.8 Å². The molecule has 0 saturated heterocycles. The van der Waals surface area contributed by atoms with Crippen LogP contribution in [0, 0.1) is 12.7 Å². The van der Waals surface area contributed by atoms with Gasteiger partial charge in [0.05, 0.1) is 16.8 Å². The smallest absolute Gasteiger partial charge is 0.201 e. The number of benzene rings is 2. The van der Waals surface area contributed by atoms with E-state index in [-0.39, 0.29) is 17.0 Å². The van der Waals surface area contributed by atoms with E-state index in [4.69, 9.17) is 0 Å². The van der Waals surface area contributed by atoms with Crippen LogP contribution in [0.25, 0.3) is 11.3 Å². The maximum absolute atomic E-state index is 14.1. The van der Waals surface area contributed by atoms with Crippen LogP contribution in [-0.4, -0.2) is 45.0 Å². The van der Waals surface area contributed by atoms with Crippen LogP contribution < -0.4 is 0 Å². The Hall–Kier alpha value is -3.35. The fourth-order valence-corrected chi connectivity index (χ4v) is 2.48. The van der Waals surface area contributed by atoms with E-state index in [1.807, 2.05) is 31.2 Å². The molecule has 0 aliphatic rings. The molecule has 0 N–H and O–H groups in total. The normalized spacial score (nSPS) is 11.5. The lowest BCUT2D eigenvalue weighted by atomic mass is 10.0. The summed E-state index contributed by atoms with van der Waals surface area (Å²) in [5.74, 6) is -0.827. The number of hydrogen-bond donors (Lipinski definition) is 0. The number of halogens is 1. The second-order valence-electron chi connectivity index (χ2n) is 6.07. The van der Waals surface area contributed by atoms with Crippen molar-refractivity contribution in [2.45, 2.75) is 6.92 Å². The SMILES string of the molecule is Cc1ccc(-n2nnnc2/C(=C/N(C)C)C(=O)c2ccccc2F)cc1. The summed E-state index contributed by atoms with van der Waals surface area (Å²) in [6.45, 7) is 1.98. The summed E-state index contributed by atoms with van der Waals surface area (Å²) >= 11 is 0. The summed E-state index contributed by atoms with van der Waals surface area (Å²) in [5.41, 5.74) is 1.97. The Morgan fingerprint density at radius 1 is 1.12 bits per heavy atom. The number of aryl methyl sites for hydroxylation is 1. The van der Waals surface area contributed by atoms with Crippen molar-refractivity contribution in [1.29, 1.82) is 0 Å². The average molecular weight is 351 g/mol. The molecule has 0 spiro atoms. The van der Waals surface area contributed by atoms with Crippen LogP contribution in [0.1, 0.15) is 21.7 Å². The van der Waals surface area contributed by atoms with Crippen LogP contribution in [0.2, 0.25) is 0 Å². The lowest BCUT2D eigenvalue weighted by Crippen LogP contribution is -2.14. The zero-order chi connectivity index (χ0) is 18.7. The summed E-state index contributed by atoms with van der Waals surface area (Å²) in [7, 11) is 3.54. The Labute approximate surface area is 150 Å². The van der Waals surface area contributed by atoms with Gasteiger partial charge >= 0.3 is 0 Å². The molecule has 0 amide bonds. The fraction of sp³-hybridized carbons (Fsp3) is 0.158. The van der Waals surface area contributed by atoms with Crippen molar-refractivity contribution in [3.63, 3.8) is 0 Å². The number of ketones is 1. The standard InChI is InChI=1S/C19H18FN5O/c1-13-8-10-14(11-9-13)25-19(21-22-23-25)16(12-24(2)3)18(26)15-6-4-5-7-17(15)20/h4-12H,1-3H3/b16-12+. The van der Waals surface area contributed by atoms with E-state index in [1.165, 1.54) is 22.9 Å². The quantitative estimate of drug-likeness (QED) is 0.522. The maximum atomic E-state index is 14.1. The number of carbonyl (C=O) groups is 1. The van der Waals surface area contributed by atoms with Gasteiger partial charge in [0, 0.05) is 20.3 Å². The molecule has 0 saturated carbocycles. The second-order valence-corrected chi connectivity index (χ2v) is 6.07. The first-order valence-corrected chi connectivity index (χ1v) is 8.00. The lowest BCUT2D eigenvalue weighted by molar-refractivity contribution is 0.105. The van der Waals surface area contributed by atoms with E-state index >= 15 is 0 Å². The third-order valence-electron chi connectivity index (χ3n) is 3.74. The molecule has 3 aromatic rings. The van der Waals surface area contributed by atoms with Crippen molar-refractivity contribution in [2.24, 2.45) is 0 Å². The minimum Gasteiger partial charge on any atom is -0.383 e. The minimum atomic E-state index is -0.587. The molecule has 132 valence electrons. The highest BCUT2D eigenvalue weighted by Crippen LogP contribution is 2.22. The molecule has 3 rings (SSSR count). The van der Waals surface area contributed by atoms with Gasteiger partial charge in [-0.05, 0) is 41.6 Å². The topological polar surface area (TPSA) is 63.9 Å². The van der Waals surface area contributed by atoms with E-state index < -0.39 is 11.6 Å². The van der Waals surface area contributed by atoms with Crippen molar-refractivity contribution in [3.8, 4) is 5.69 Å². The number of carbonyl (C=O) groups excluding carboxylic acids is 1. The minimum absolute atomic E-state index is 0.0287. The van der Waals surface area contributed by atoms with Crippen LogP contribution in [-0.2, 0) is 0 Å². The molecule has 6 nitrogen and oxygen atoms in total. The van der Waals surface area contributed by atoms with Crippen molar-refractivity contribution in [1.82, 2.24) is 25.1 Å². The summed E-state index contributed by atoms with van der Waals surface area (Å²) in [6.07, 6.45) is 1.59. The van der Waals surface area contributed by atoms with Crippen LogP contribution in [0.5, 0.6) is 0 Å². The summed E-state index contributed by atoms with van der Waals surface area (Å²) < 4.78 is 15.6. The van der Waals surface area contributed by atoms with Gasteiger partial charge in [-0.25, -0.2) is 4.39 Å². The Morgan fingerprint density at radius 3 is 2.46 bits per heavy atom. The van der Waals surface area contributed by atoms with Gasteiger partial charge in [-0.3, -0.25) is 4.79 Å². The first-order chi connectivity index (χ1) is 12.5. The lowest BCUT2D eigenvalue weighted by Gasteiger charge is -2.12. The number of nitrogens with zero attached hydrogens (tertiary/aromatic N) is 5. The number of hydrogen-bond acceptors (Lipinski definition) is 5. The maximum Gasteiger partial charge on any atom is 0.201 e. The van der Waals surface area contributed by atoms with Gasteiger partial charge < -0.3 is 4.90 Å². The predicted molar refractivity (Wildman–Crippen MR) is 96.3 cm³/mol. The zero-order valence-electron chi connectivity index (χ0n) is 14.7. The molecule has 2 aromatic carbocycles. The van der Waals surface area contributed by atoms with Crippen molar-refractivity contribution in [3.05, 3.63) is 77.5 Å². The molecule has 0 bridgehead atoms. The number of allylic oxidation sites excluding steroid dienone is 1. The Morgan fingerprint density at radius 2 is 1.81 bits per heavy atom. The van der Waals surface area contributed by atoms with Crippen LogP contribution >= 0.6 is 0 Å². The van der Waals surface area contributed by atoms with Gasteiger partial charge in [-0.15, -0.1) is 5.10 Å². The highest BCUT2D eigenvalue weighted by molar-refractivity contribution is 6.28. The highest BCUT2D eigenvalue weighted by atomic mass is 19.1. The van der Waals surface area contributed by atoms with Crippen molar-refractivity contribution < 1.29 is 9.18 Å². The molecule has 0 aliphatic heterocycles. The first kappa shape index (κ1) is 17.5. The molecule has 0 fully saturated rings. The molecule has 0 aliphatic carbocycles. The van der Waals surface area contributed by atoms with E-state index in [9.17, 15) is 9.18 Å². The van der Waals surface area contributed by atoms with Gasteiger partial charge in [-0.2, -0.15) is 4.68 Å². The monoisotopic (exact) mass is 351 g/mol. The molecular formula is C19H18FN5O. The fourth-order valence-electron chi connectivity index (χ4n) is 2.48. The number of tetrazole rings is 1. The molecule has 1 heterocycles. The van der Waals surface area contributed by atoms with E-state index in [2.05, 4.69) is 15.5 Å². The van der Waals surface area contributed by atoms with Gasteiger partial charge in [0.15, 0.2) is 5.82 Å². The molecule has 0 unspecified atom stereocenters. The van der Waals surface area contributed by atoms with E-state index in [0.29, 0.717) is 5.69 Å². The highest BCUT2D eigenvalue weighted by Gasteiger charge is 2.24. The number of rotatable bonds is 5. The van der Waals surface area contributed by atoms with E-state index in [1.54, 1.807) is 31.3 Å². The molecular weight excluding hydrogens is 333 g/mol. The number of Topliss-reactive ketones (excluding diaryl/α,β-unsaturated/α-hetero) is 1. The van der Waals surface area contributed by atoms with Crippen molar-refractivity contribution in [2.75, 3.05) is 14.1 Å². The molecule has 7 heteroatoms. The summed E-state index contributed by atoms with van der Waals surface area (Å²) in [6, 6.07) is 13.4. The Kier molecular flexibility index (Phi) is 4.88. The van der Waals surface area contributed by atoms with Crippen LogP contribution in [0.4, 0.5) is 4.39 Å². The first-order valence-electron chi connectivity index (χ1n) is 8.00. The van der Waals surface area contributed by atoms with Gasteiger partial charge in [0.2, 0.25) is 5.78 Å². The third kappa shape index (κ3) is 3.51. The van der Waals surface area contributed by atoms with Crippen LogP contribution in [0.15, 0.2) is 54.7 Å². The van der Waals surface area contributed by atoms with Gasteiger partial charge in [0.25, 0.3) is 0 Å². The van der Waals surface area contributed by atoms with Gasteiger partial charge in [0.1, 0.15) is 5.82 Å². The Bertz CT molecular complexity index is 960. The average Bonchev–Trinajstić information content (AvgIpc) is 3.09. The van der Waals surface area contributed by atoms with Crippen molar-refractivity contribution >= 4 is 11.4 Å². The largest absolute Gasteiger partial charge is 0.383 e. The van der Waals surface area contributed by atoms with E-state index in [0.717, 1.165) is 5.56 Å². The van der Waals surface area contributed by atoms with Crippen LogP contribution in [0.3, 0.4) is 0 Å². The second kappa shape index (κ2) is 7.26. The third-order valence-corrected chi connectivity index (χ3v) is 3.74. The molecule has 0 radical (unpaired) electrons. The molecule has 0 atom stereocenters. The molecule has 1 aromatic heterocycles.